The fourth-order valence-electron chi connectivity index (χ4n) is 2.12. The van der Waals surface area contributed by atoms with Crippen molar-refractivity contribution >= 4 is 10.0 Å². The third-order valence-electron chi connectivity index (χ3n) is 3.17. The molecule has 7 nitrogen and oxygen atoms in total. The Kier molecular flexibility index (Phi) is 4.81. The first-order chi connectivity index (χ1) is 9.96. The highest BCUT2D eigenvalue weighted by molar-refractivity contribution is 7.89. The molecule has 2 rings (SSSR count). The molecule has 0 saturated heterocycles. The zero-order valence-corrected chi connectivity index (χ0v) is 13.1. The summed E-state index contributed by atoms with van der Waals surface area (Å²) in [5.74, 6) is 0. The molecule has 0 aliphatic heterocycles. The van der Waals surface area contributed by atoms with Crippen molar-refractivity contribution in [1.82, 2.24) is 19.1 Å². The molecule has 0 amide bonds. The van der Waals surface area contributed by atoms with Gasteiger partial charge in [0.15, 0.2) is 0 Å². The van der Waals surface area contributed by atoms with Crippen molar-refractivity contribution in [1.29, 1.82) is 0 Å². The molecule has 0 unspecified atom stereocenters. The van der Waals surface area contributed by atoms with Crippen LogP contribution in [0.3, 0.4) is 0 Å². The van der Waals surface area contributed by atoms with Crippen molar-refractivity contribution in [2.24, 2.45) is 12.8 Å². The van der Waals surface area contributed by atoms with Crippen molar-refractivity contribution in [3.8, 4) is 0 Å². The summed E-state index contributed by atoms with van der Waals surface area (Å²) >= 11 is 0. The monoisotopic (exact) mass is 311 g/mol. The van der Waals surface area contributed by atoms with Crippen molar-refractivity contribution < 1.29 is 8.42 Å². The van der Waals surface area contributed by atoms with Crippen LogP contribution in [0.15, 0.2) is 29.6 Å². The molecule has 0 spiro atoms. The number of nitrogens with two attached hydrogens (primary N) is 1. The van der Waals surface area contributed by atoms with Gasteiger partial charge >= 0.3 is 0 Å². The largest absolute Gasteiger partial charge is 0.349 e. The van der Waals surface area contributed by atoms with Crippen molar-refractivity contribution in [2.45, 2.75) is 37.9 Å². The van der Waals surface area contributed by atoms with E-state index in [-0.39, 0.29) is 11.4 Å². The highest BCUT2D eigenvalue weighted by Gasteiger charge is 2.17. The molecule has 116 valence electrons. The Labute approximate surface area is 124 Å². The minimum atomic E-state index is -3.54. The summed E-state index contributed by atoms with van der Waals surface area (Å²) in [6, 6.07) is 1.63. The Morgan fingerprint density at radius 2 is 2.14 bits per heavy atom. The Morgan fingerprint density at radius 1 is 1.38 bits per heavy atom. The van der Waals surface area contributed by atoms with Gasteiger partial charge in [-0.3, -0.25) is 4.68 Å². The molecule has 3 N–H and O–H groups in total. The van der Waals surface area contributed by atoms with E-state index in [4.69, 9.17) is 5.73 Å². The van der Waals surface area contributed by atoms with E-state index in [1.165, 1.54) is 0 Å². The smallest absolute Gasteiger partial charge is 0.242 e. The van der Waals surface area contributed by atoms with Crippen LogP contribution < -0.4 is 10.5 Å². The molecule has 0 aliphatic rings. The van der Waals surface area contributed by atoms with Crippen molar-refractivity contribution in [3.63, 3.8) is 0 Å². The average molecular weight is 311 g/mol. The number of aromatic nitrogens is 3. The summed E-state index contributed by atoms with van der Waals surface area (Å²) in [5, 5.41) is 4.01. The van der Waals surface area contributed by atoms with Gasteiger partial charge in [-0.05, 0) is 12.5 Å². The third kappa shape index (κ3) is 3.72. The quantitative estimate of drug-likeness (QED) is 0.781. The second-order valence-corrected chi connectivity index (χ2v) is 6.68. The number of nitrogens with zero attached hydrogens (tertiary/aromatic N) is 3. The van der Waals surface area contributed by atoms with Crippen LogP contribution in [0.5, 0.6) is 0 Å². The fraction of sp³-hybridized carbons (Fsp3) is 0.462. The molecular weight excluding hydrogens is 290 g/mol. The van der Waals surface area contributed by atoms with Crippen LogP contribution >= 0.6 is 0 Å². The predicted molar refractivity (Wildman–Crippen MR) is 79.8 cm³/mol. The molecule has 0 aliphatic carbocycles. The molecule has 2 aromatic heterocycles. The molecule has 0 aromatic carbocycles. The van der Waals surface area contributed by atoms with E-state index in [2.05, 4.69) is 9.82 Å². The molecule has 0 atom stereocenters. The number of hydrogen-bond acceptors (Lipinski definition) is 4. The molecular formula is C13H21N5O2S. The summed E-state index contributed by atoms with van der Waals surface area (Å²) in [6.07, 6.45) is 5.97. The Balaban J connectivity index is 2.15. The first-order valence-corrected chi connectivity index (χ1v) is 8.31. The Hall–Kier alpha value is -1.64. The van der Waals surface area contributed by atoms with Gasteiger partial charge in [0.25, 0.3) is 0 Å². The van der Waals surface area contributed by atoms with Gasteiger partial charge in [-0.2, -0.15) is 5.10 Å². The van der Waals surface area contributed by atoms with Crippen LogP contribution in [0.4, 0.5) is 0 Å². The highest BCUT2D eigenvalue weighted by atomic mass is 32.2. The lowest BCUT2D eigenvalue weighted by molar-refractivity contribution is 0.580. The van der Waals surface area contributed by atoms with E-state index >= 15 is 0 Å². The van der Waals surface area contributed by atoms with Crippen molar-refractivity contribution in [2.75, 3.05) is 0 Å². The van der Waals surface area contributed by atoms with Gasteiger partial charge in [-0.1, -0.05) is 6.92 Å². The number of rotatable bonds is 7. The predicted octanol–water partition coefficient (Wildman–Crippen LogP) is 0.569. The lowest BCUT2D eigenvalue weighted by Crippen LogP contribution is -2.22. The maximum absolute atomic E-state index is 12.3. The summed E-state index contributed by atoms with van der Waals surface area (Å²) < 4.78 is 30.7. The summed E-state index contributed by atoms with van der Waals surface area (Å²) in [6.45, 7) is 3.32. The molecule has 0 bridgehead atoms. The highest BCUT2D eigenvalue weighted by Crippen LogP contribution is 2.15. The number of nitrogens with one attached hydrogen (secondary N) is 1. The average Bonchev–Trinajstić information content (AvgIpc) is 3.04. The standard InChI is InChI=1S/C13H21N5O2S/c1-3-4-18-10-13(5-12(18)6-14)21(19,20)16-8-11-7-15-17(2)9-11/h5,7,9-10,16H,3-4,6,8,14H2,1-2H3. The van der Waals surface area contributed by atoms with Gasteiger partial charge < -0.3 is 10.3 Å². The molecule has 0 fully saturated rings. The zero-order valence-electron chi connectivity index (χ0n) is 12.3. The maximum Gasteiger partial charge on any atom is 0.242 e. The molecule has 2 aromatic rings. The van der Waals surface area contributed by atoms with E-state index in [9.17, 15) is 8.42 Å². The summed E-state index contributed by atoms with van der Waals surface area (Å²) in [4.78, 5) is 0.250. The molecule has 8 heteroatoms. The maximum atomic E-state index is 12.3. The van der Waals surface area contributed by atoms with Gasteiger partial charge in [-0.15, -0.1) is 0 Å². The van der Waals surface area contributed by atoms with E-state index in [0.29, 0.717) is 6.54 Å². The lowest BCUT2D eigenvalue weighted by atomic mass is 10.4. The zero-order chi connectivity index (χ0) is 15.5. The minimum Gasteiger partial charge on any atom is -0.349 e. The third-order valence-corrected chi connectivity index (χ3v) is 4.54. The summed E-state index contributed by atoms with van der Waals surface area (Å²) in [7, 11) is -1.75. The minimum absolute atomic E-state index is 0.215. The molecule has 2 heterocycles. The van der Waals surface area contributed by atoms with Crippen LogP contribution in [0.2, 0.25) is 0 Å². The molecule has 21 heavy (non-hydrogen) atoms. The van der Waals surface area contributed by atoms with Gasteiger partial charge in [0.1, 0.15) is 0 Å². The second-order valence-electron chi connectivity index (χ2n) is 4.91. The van der Waals surface area contributed by atoms with Crippen LogP contribution in [0.25, 0.3) is 0 Å². The van der Waals surface area contributed by atoms with Gasteiger partial charge in [0.2, 0.25) is 10.0 Å². The van der Waals surface area contributed by atoms with E-state index < -0.39 is 10.0 Å². The van der Waals surface area contributed by atoms with Crippen LogP contribution in [-0.2, 0) is 36.7 Å². The summed E-state index contributed by atoms with van der Waals surface area (Å²) in [5.41, 5.74) is 7.29. The van der Waals surface area contributed by atoms with Crippen LogP contribution in [0.1, 0.15) is 24.6 Å². The van der Waals surface area contributed by atoms with E-state index in [0.717, 1.165) is 24.2 Å². The molecule has 0 radical (unpaired) electrons. The fourth-order valence-corrected chi connectivity index (χ4v) is 3.20. The van der Waals surface area contributed by atoms with Gasteiger partial charge in [0.05, 0.1) is 11.1 Å². The number of aryl methyl sites for hydroxylation is 2. The SMILES string of the molecule is CCCn1cc(S(=O)(=O)NCc2cnn(C)c2)cc1CN. The van der Waals surface area contributed by atoms with Crippen LogP contribution in [0, 0.1) is 0 Å². The first kappa shape index (κ1) is 15.7. The van der Waals surface area contributed by atoms with Gasteiger partial charge in [0, 0.05) is 50.3 Å². The molecule has 0 saturated carbocycles. The van der Waals surface area contributed by atoms with Crippen molar-refractivity contribution in [3.05, 3.63) is 35.9 Å². The Bertz CT molecular complexity index is 702. The van der Waals surface area contributed by atoms with Crippen LogP contribution in [-0.4, -0.2) is 22.8 Å². The lowest BCUT2D eigenvalue weighted by Gasteiger charge is -2.04. The normalized spacial score (nSPS) is 12.0. The topological polar surface area (TPSA) is 94.9 Å². The first-order valence-electron chi connectivity index (χ1n) is 6.82. The van der Waals surface area contributed by atoms with E-state index in [1.54, 1.807) is 36.4 Å². The Morgan fingerprint density at radius 3 is 2.71 bits per heavy atom. The second kappa shape index (κ2) is 6.42. The van der Waals surface area contributed by atoms with E-state index in [1.807, 2.05) is 11.5 Å². The van der Waals surface area contributed by atoms with Gasteiger partial charge in [-0.25, -0.2) is 13.1 Å². The number of sulfonamides is 1. The number of hydrogen-bond donors (Lipinski definition) is 2.